The average molecular weight is 271 g/mol. The number of hydrogen-bond acceptors (Lipinski definition) is 5. The minimum Gasteiger partial charge on any atom is -0.444 e. The molecule has 2 aliphatic rings. The van der Waals surface area contributed by atoms with Crippen LogP contribution in [0.3, 0.4) is 0 Å². The molecule has 1 amide bonds. The highest BCUT2D eigenvalue weighted by atomic mass is 16.7. The van der Waals surface area contributed by atoms with Crippen molar-refractivity contribution in [3.8, 4) is 0 Å². The van der Waals surface area contributed by atoms with Crippen molar-refractivity contribution in [3.63, 3.8) is 0 Å². The summed E-state index contributed by atoms with van der Waals surface area (Å²) in [5.41, 5.74) is -0.491. The molecule has 2 fully saturated rings. The van der Waals surface area contributed by atoms with Gasteiger partial charge in [-0.05, 0) is 20.8 Å². The lowest BCUT2D eigenvalue weighted by Crippen LogP contribution is -2.48. The van der Waals surface area contributed by atoms with Gasteiger partial charge >= 0.3 is 6.09 Å². The summed E-state index contributed by atoms with van der Waals surface area (Å²) in [5, 5.41) is 0. The van der Waals surface area contributed by atoms with Crippen molar-refractivity contribution >= 4 is 12.4 Å². The van der Waals surface area contributed by atoms with E-state index >= 15 is 0 Å². The number of amides is 1. The highest BCUT2D eigenvalue weighted by Crippen LogP contribution is 2.33. The van der Waals surface area contributed by atoms with Gasteiger partial charge in [-0.2, -0.15) is 0 Å². The van der Waals surface area contributed by atoms with E-state index in [4.69, 9.17) is 14.2 Å². The summed E-state index contributed by atoms with van der Waals surface area (Å²) < 4.78 is 16.5. The Kier molecular flexibility index (Phi) is 3.82. The lowest BCUT2D eigenvalue weighted by Gasteiger charge is -2.38. The fourth-order valence-corrected chi connectivity index (χ4v) is 2.26. The first-order chi connectivity index (χ1) is 8.84. The minimum absolute atomic E-state index is 0.302. The van der Waals surface area contributed by atoms with E-state index < -0.39 is 17.5 Å². The van der Waals surface area contributed by atoms with Gasteiger partial charge in [0, 0.05) is 25.9 Å². The second-order valence-corrected chi connectivity index (χ2v) is 5.98. The molecule has 2 aliphatic heterocycles. The third-order valence-electron chi connectivity index (χ3n) is 3.21. The predicted octanol–water partition coefficient (Wildman–Crippen LogP) is 1.33. The van der Waals surface area contributed by atoms with E-state index in [1.165, 1.54) is 0 Å². The third-order valence-corrected chi connectivity index (χ3v) is 3.21. The SMILES string of the molecule is CC(C)(C)OC(=O)N1CCC2(CC1)OCC(C=O)O2. The second-order valence-electron chi connectivity index (χ2n) is 5.98. The number of carbonyl (C=O) groups is 2. The van der Waals surface area contributed by atoms with Crippen LogP contribution >= 0.6 is 0 Å². The molecule has 6 heteroatoms. The fraction of sp³-hybridized carbons (Fsp3) is 0.846. The van der Waals surface area contributed by atoms with Crippen molar-refractivity contribution in [1.82, 2.24) is 4.90 Å². The zero-order valence-electron chi connectivity index (χ0n) is 11.7. The Labute approximate surface area is 113 Å². The molecule has 2 heterocycles. The number of rotatable bonds is 1. The van der Waals surface area contributed by atoms with Gasteiger partial charge in [0.2, 0.25) is 0 Å². The van der Waals surface area contributed by atoms with Gasteiger partial charge in [0.25, 0.3) is 0 Å². The number of nitrogens with zero attached hydrogens (tertiary/aromatic N) is 1. The molecule has 1 unspecified atom stereocenters. The van der Waals surface area contributed by atoms with Crippen LogP contribution < -0.4 is 0 Å². The van der Waals surface area contributed by atoms with E-state index in [2.05, 4.69) is 0 Å². The molecule has 19 heavy (non-hydrogen) atoms. The molecule has 6 nitrogen and oxygen atoms in total. The van der Waals surface area contributed by atoms with E-state index in [1.54, 1.807) is 4.90 Å². The van der Waals surface area contributed by atoms with Gasteiger partial charge in [0.15, 0.2) is 12.1 Å². The molecular weight excluding hydrogens is 250 g/mol. The standard InChI is InChI=1S/C13H21NO5/c1-12(2,3)19-11(16)14-6-4-13(5-7-14)17-9-10(8-15)18-13/h8,10H,4-7,9H2,1-3H3. The summed E-state index contributed by atoms with van der Waals surface area (Å²) in [7, 11) is 0. The fourth-order valence-electron chi connectivity index (χ4n) is 2.26. The number of aldehydes is 1. The molecular formula is C13H21NO5. The van der Waals surface area contributed by atoms with E-state index in [1.807, 2.05) is 20.8 Å². The first-order valence-electron chi connectivity index (χ1n) is 6.59. The monoisotopic (exact) mass is 271 g/mol. The minimum atomic E-state index is -0.690. The van der Waals surface area contributed by atoms with Crippen molar-refractivity contribution in [1.29, 1.82) is 0 Å². The number of piperidine rings is 1. The molecule has 108 valence electrons. The number of hydrogen-bond donors (Lipinski definition) is 0. The molecule has 1 atom stereocenters. The maximum absolute atomic E-state index is 11.9. The molecule has 2 rings (SSSR count). The van der Waals surface area contributed by atoms with E-state index in [0.717, 1.165) is 6.29 Å². The Balaban J connectivity index is 1.86. The summed E-state index contributed by atoms with van der Waals surface area (Å²) in [5.74, 6) is -0.690. The van der Waals surface area contributed by atoms with Crippen molar-refractivity contribution < 1.29 is 23.8 Å². The largest absolute Gasteiger partial charge is 0.444 e. The maximum atomic E-state index is 11.9. The Hall–Kier alpha value is -1.14. The van der Waals surface area contributed by atoms with E-state index in [9.17, 15) is 9.59 Å². The Morgan fingerprint density at radius 1 is 1.37 bits per heavy atom. The molecule has 0 N–H and O–H groups in total. The third kappa shape index (κ3) is 3.45. The highest BCUT2D eigenvalue weighted by molar-refractivity contribution is 5.68. The van der Waals surface area contributed by atoms with Crippen LogP contribution in [0.5, 0.6) is 0 Å². The summed E-state index contributed by atoms with van der Waals surface area (Å²) in [6, 6.07) is 0. The first kappa shape index (κ1) is 14.3. The first-order valence-corrected chi connectivity index (χ1v) is 6.59. The number of carbonyl (C=O) groups excluding carboxylic acids is 2. The van der Waals surface area contributed by atoms with Crippen LogP contribution in [-0.4, -0.2) is 54.5 Å². The van der Waals surface area contributed by atoms with Crippen LogP contribution in [0.4, 0.5) is 4.79 Å². The van der Waals surface area contributed by atoms with Crippen LogP contribution in [0, 0.1) is 0 Å². The lowest BCUT2D eigenvalue weighted by molar-refractivity contribution is -0.192. The van der Waals surface area contributed by atoms with Crippen molar-refractivity contribution in [2.45, 2.75) is 51.1 Å². The zero-order chi connectivity index (χ0) is 14.1. The number of likely N-dealkylation sites (tertiary alicyclic amines) is 1. The van der Waals surface area contributed by atoms with Gasteiger partial charge in [-0.3, -0.25) is 0 Å². The van der Waals surface area contributed by atoms with E-state index in [-0.39, 0.29) is 6.09 Å². The maximum Gasteiger partial charge on any atom is 0.410 e. The highest BCUT2D eigenvalue weighted by Gasteiger charge is 2.45. The summed E-state index contributed by atoms with van der Waals surface area (Å²) in [6.45, 7) is 6.85. The van der Waals surface area contributed by atoms with Crippen LogP contribution in [0.2, 0.25) is 0 Å². The number of ether oxygens (including phenoxy) is 3. The molecule has 0 aromatic heterocycles. The predicted molar refractivity (Wildman–Crippen MR) is 66.7 cm³/mol. The van der Waals surface area contributed by atoms with Gasteiger partial charge < -0.3 is 23.9 Å². The van der Waals surface area contributed by atoms with Gasteiger partial charge in [0.1, 0.15) is 11.7 Å². The zero-order valence-corrected chi connectivity index (χ0v) is 11.7. The Morgan fingerprint density at radius 2 is 2.00 bits per heavy atom. The normalized spacial score (nSPS) is 26.5. The van der Waals surface area contributed by atoms with Crippen molar-refractivity contribution in [2.75, 3.05) is 19.7 Å². The van der Waals surface area contributed by atoms with Crippen molar-refractivity contribution in [2.24, 2.45) is 0 Å². The van der Waals surface area contributed by atoms with Crippen molar-refractivity contribution in [3.05, 3.63) is 0 Å². The Morgan fingerprint density at radius 3 is 2.47 bits per heavy atom. The van der Waals surface area contributed by atoms with Crippen LogP contribution in [0.15, 0.2) is 0 Å². The van der Waals surface area contributed by atoms with E-state index in [0.29, 0.717) is 32.5 Å². The van der Waals surface area contributed by atoms with Crippen LogP contribution in [0.25, 0.3) is 0 Å². The molecule has 0 bridgehead atoms. The molecule has 0 aromatic rings. The summed E-state index contributed by atoms with van der Waals surface area (Å²) in [4.78, 5) is 24.2. The lowest BCUT2D eigenvalue weighted by atomic mass is 10.0. The van der Waals surface area contributed by atoms with Gasteiger partial charge in [-0.15, -0.1) is 0 Å². The topological polar surface area (TPSA) is 65.1 Å². The van der Waals surface area contributed by atoms with Gasteiger partial charge in [0.05, 0.1) is 6.61 Å². The molecule has 0 aliphatic carbocycles. The Bertz CT molecular complexity index is 355. The summed E-state index contributed by atoms with van der Waals surface area (Å²) >= 11 is 0. The smallest absolute Gasteiger partial charge is 0.410 e. The molecule has 0 saturated carbocycles. The summed E-state index contributed by atoms with van der Waals surface area (Å²) in [6.07, 6.45) is 1.10. The molecule has 2 saturated heterocycles. The second kappa shape index (κ2) is 5.09. The average Bonchev–Trinajstić information content (AvgIpc) is 2.71. The quantitative estimate of drug-likeness (QED) is 0.673. The molecule has 0 radical (unpaired) electrons. The molecule has 0 aromatic carbocycles. The van der Waals surface area contributed by atoms with Crippen LogP contribution in [0.1, 0.15) is 33.6 Å². The molecule has 1 spiro atoms. The van der Waals surface area contributed by atoms with Gasteiger partial charge in [-0.1, -0.05) is 0 Å². The van der Waals surface area contributed by atoms with Crippen LogP contribution in [-0.2, 0) is 19.0 Å². The van der Waals surface area contributed by atoms with Gasteiger partial charge in [-0.25, -0.2) is 4.79 Å².